The Morgan fingerprint density at radius 3 is 2.19 bits per heavy atom. The second-order valence-corrected chi connectivity index (χ2v) is 9.04. The second kappa shape index (κ2) is 7.42. The number of benzene rings is 2. The Morgan fingerprint density at radius 1 is 0.935 bits per heavy atom. The first-order valence-electron chi connectivity index (χ1n) is 9.29. The average Bonchev–Trinajstić information content (AvgIpc) is 3.12. The lowest BCUT2D eigenvalue weighted by molar-refractivity contribution is -0.137. The Hall–Kier alpha value is -3.33. The van der Waals surface area contributed by atoms with Gasteiger partial charge in [-0.2, -0.15) is 13.2 Å². The molecule has 0 saturated carbocycles. The van der Waals surface area contributed by atoms with Gasteiger partial charge in [0.25, 0.3) is 10.0 Å². The van der Waals surface area contributed by atoms with Gasteiger partial charge in [0, 0.05) is 18.8 Å². The molecule has 0 fully saturated rings. The average molecular weight is 445 g/mol. The van der Waals surface area contributed by atoms with Gasteiger partial charge in [-0.3, -0.25) is 8.71 Å². The van der Waals surface area contributed by atoms with Crippen LogP contribution in [0.5, 0.6) is 0 Å². The van der Waals surface area contributed by atoms with E-state index in [9.17, 15) is 21.6 Å². The van der Waals surface area contributed by atoms with Crippen molar-refractivity contribution in [2.75, 3.05) is 11.4 Å². The second-order valence-electron chi connectivity index (χ2n) is 7.07. The molecule has 0 aliphatic heterocycles. The number of aromatic nitrogens is 2. The summed E-state index contributed by atoms with van der Waals surface area (Å²) in [5, 5.41) is 0. The molecule has 0 spiro atoms. The number of sulfonamides is 1. The van der Waals surface area contributed by atoms with E-state index in [4.69, 9.17) is 0 Å². The summed E-state index contributed by atoms with van der Waals surface area (Å²) in [6.45, 7) is 1.85. The number of nitrogens with zero attached hydrogens (tertiary/aromatic N) is 3. The van der Waals surface area contributed by atoms with Crippen LogP contribution in [-0.4, -0.2) is 24.9 Å². The number of imidazole rings is 1. The molecular weight excluding hydrogens is 427 g/mol. The first kappa shape index (κ1) is 20.9. The highest BCUT2D eigenvalue weighted by Crippen LogP contribution is 2.36. The maximum Gasteiger partial charge on any atom is 0.416 e. The molecule has 0 unspecified atom stereocenters. The lowest BCUT2D eigenvalue weighted by atomic mass is 10.1. The highest BCUT2D eigenvalue weighted by molar-refractivity contribution is 7.92. The van der Waals surface area contributed by atoms with E-state index in [1.807, 2.05) is 6.92 Å². The van der Waals surface area contributed by atoms with Crippen molar-refractivity contribution in [3.63, 3.8) is 0 Å². The van der Waals surface area contributed by atoms with Gasteiger partial charge in [0.1, 0.15) is 5.65 Å². The van der Waals surface area contributed by atoms with Crippen LogP contribution < -0.4 is 4.31 Å². The van der Waals surface area contributed by atoms with E-state index in [0.29, 0.717) is 16.9 Å². The van der Waals surface area contributed by atoms with Gasteiger partial charge in [-0.15, -0.1) is 0 Å². The zero-order valence-electron chi connectivity index (χ0n) is 16.6. The quantitative estimate of drug-likeness (QED) is 0.436. The molecule has 4 rings (SSSR count). The lowest BCUT2D eigenvalue weighted by Gasteiger charge is -2.19. The van der Waals surface area contributed by atoms with Gasteiger partial charge in [-0.1, -0.05) is 35.9 Å². The minimum Gasteiger partial charge on any atom is -0.298 e. The number of hydrogen-bond acceptors (Lipinski definition) is 3. The fourth-order valence-electron chi connectivity index (χ4n) is 3.27. The molecule has 0 aliphatic rings. The SMILES string of the molecule is Cc1ccc(S(=O)(=O)N(C)c2nc3ccccn3c2-c2ccc(C(F)(F)F)cc2)cc1. The third-order valence-corrected chi connectivity index (χ3v) is 6.74. The lowest BCUT2D eigenvalue weighted by Crippen LogP contribution is -2.27. The highest BCUT2D eigenvalue weighted by atomic mass is 32.2. The fraction of sp³-hybridized carbons (Fsp3) is 0.136. The summed E-state index contributed by atoms with van der Waals surface area (Å²) in [5.41, 5.74) is 1.39. The molecule has 160 valence electrons. The van der Waals surface area contributed by atoms with Crippen LogP contribution in [0.25, 0.3) is 16.9 Å². The van der Waals surface area contributed by atoms with Crippen LogP contribution in [0.3, 0.4) is 0 Å². The van der Waals surface area contributed by atoms with Crippen LogP contribution >= 0.6 is 0 Å². The molecule has 0 saturated heterocycles. The van der Waals surface area contributed by atoms with Crippen LogP contribution in [0.4, 0.5) is 19.0 Å². The first-order chi connectivity index (χ1) is 14.6. The van der Waals surface area contributed by atoms with E-state index < -0.39 is 21.8 Å². The standard InChI is InChI=1S/C22H18F3N3O2S/c1-15-6-12-18(13-7-15)31(29,30)27(2)21-20(28-14-4-3-5-19(28)26-21)16-8-10-17(11-9-16)22(23,24)25/h3-14H,1-2H3. The minimum atomic E-state index is -4.47. The summed E-state index contributed by atoms with van der Waals surface area (Å²) in [6, 6.07) is 16.2. The van der Waals surface area contributed by atoms with Gasteiger partial charge in [0.2, 0.25) is 0 Å². The van der Waals surface area contributed by atoms with Crippen molar-refractivity contribution in [1.82, 2.24) is 9.38 Å². The maximum absolute atomic E-state index is 13.2. The summed E-state index contributed by atoms with van der Waals surface area (Å²) in [5.74, 6) is 0.117. The van der Waals surface area contributed by atoms with E-state index in [2.05, 4.69) is 4.98 Å². The Balaban J connectivity index is 1.88. The molecule has 0 amide bonds. The number of halogens is 3. The molecule has 0 atom stereocenters. The maximum atomic E-state index is 13.2. The predicted octanol–water partition coefficient (Wildman–Crippen LogP) is 5.15. The van der Waals surface area contributed by atoms with Crippen LogP contribution in [0, 0.1) is 6.92 Å². The number of rotatable bonds is 4. The number of hydrogen-bond donors (Lipinski definition) is 0. The van der Waals surface area contributed by atoms with Crippen LogP contribution in [0.15, 0.2) is 77.8 Å². The van der Waals surface area contributed by atoms with Gasteiger partial charge >= 0.3 is 6.18 Å². The number of alkyl halides is 3. The van der Waals surface area contributed by atoms with Crippen LogP contribution in [0.1, 0.15) is 11.1 Å². The zero-order valence-corrected chi connectivity index (χ0v) is 17.4. The predicted molar refractivity (Wildman–Crippen MR) is 112 cm³/mol. The van der Waals surface area contributed by atoms with E-state index in [1.54, 1.807) is 40.9 Å². The van der Waals surface area contributed by atoms with Crippen molar-refractivity contribution in [1.29, 1.82) is 0 Å². The minimum absolute atomic E-state index is 0.0935. The molecule has 2 aromatic heterocycles. The van der Waals surface area contributed by atoms with Gasteiger partial charge in [0.15, 0.2) is 5.82 Å². The summed E-state index contributed by atoms with van der Waals surface area (Å²) >= 11 is 0. The van der Waals surface area contributed by atoms with E-state index in [1.165, 1.54) is 31.3 Å². The summed E-state index contributed by atoms with van der Waals surface area (Å²) in [6.07, 6.45) is -2.78. The topological polar surface area (TPSA) is 54.7 Å². The molecule has 2 aromatic carbocycles. The molecule has 5 nitrogen and oxygen atoms in total. The highest BCUT2D eigenvalue weighted by Gasteiger charge is 2.31. The Kier molecular flexibility index (Phi) is 5.01. The molecule has 0 aliphatic carbocycles. The van der Waals surface area contributed by atoms with Gasteiger partial charge in [-0.05, 0) is 43.3 Å². The normalized spacial score (nSPS) is 12.3. The number of fused-ring (bicyclic) bond motifs is 1. The third-order valence-electron chi connectivity index (χ3n) is 4.97. The monoisotopic (exact) mass is 445 g/mol. The van der Waals surface area contributed by atoms with Gasteiger partial charge in [-0.25, -0.2) is 13.4 Å². The summed E-state index contributed by atoms with van der Waals surface area (Å²) in [7, 11) is -2.56. The van der Waals surface area contributed by atoms with Crippen LogP contribution in [0.2, 0.25) is 0 Å². The van der Waals surface area contributed by atoms with E-state index >= 15 is 0 Å². The van der Waals surface area contributed by atoms with Crippen molar-refractivity contribution >= 4 is 21.5 Å². The Morgan fingerprint density at radius 2 is 1.58 bits per heavy atom. The molecule has 0 N–H and O–H groups in total. The van der Waals surface area contributed by atoms with Crippen molar-refractivity contribution in [3.05, 3.63) is 84.1 Å². The third kappa shape index (κ3) is 3.76. The van der Waals surface area contributed by atoms with Crippen molar-refractivity contribution in [2.45, 2.75) is 18.0 Å². The Labute approximate surface area is 177 Å². The molecule has 0 radical (unpaired) electrons. The molecule has 2 heterocycles. The largest absolute Gasteiger partial charge is 0.416 e. The smallest absolute Gasteiger partial charge is 0.298 e. The number of pyridine rings is 1. The number of aryl methyl sites for hydroxylation is 1. The number of anilines is 1. The fourth-order valence-corrected chi connectivity index (χ4v) is 4.42. The molecule has 4 aromatic rings. The van der Waals surface area contributed by atoms with E-state index in [0.717, 1.165) is 22.0 Å². The molecule has 0 bridgehead atoms. The van der Waals surface area contributed by atoms with Gasteiger partial charge in [0.05, 0.1) is 16.2 Å². The zero-order chi connectivity index (χ0) is 22.4. The molecule has 9 heteroatoms. The van der Waals surface area contributed by atoms with Gasteiger partial charge < -0.3 is 0 Å². The van der Waals surface area contributed by atoms with Crippen molar-refractivity contribution < 1.29 is 21.6 Å². The molecular formula is C22H18F3N3O2S. The van der Waals surface area contributed by atoms with Crippen LogP contribution in [-0.2, 0) is 16.2 Å². The van der Waals surface area contributed by atoms with Crippen molar-refractivity contribution in [2.24, 2.45) is 0 Å². The summed E-state index contributed by atoms with van der Waals surface area (Å²) < 4.78 is 68.1. The van der Waals surface area contributed by atoms with Crippen molar-refractivity contribution in [3.8, 4) is 11.3 Å². The summed E-state index contributed by atoms with van der Waals surface area (Å²) in [4.78, 5) is 4.55. The Bertz CT molecular complexity index is 1340. The molecule has 31 heavy (non-hydrogen) atoms. The first-order valence-corrected chi connectivity index (χ1v) is 10.7. The van der Waals surface area contributed by atoms with E-state index in [-0.39, 0.29) is 10.7 Å².